The Hall–Kier alpha value is -2.73. The summed E-state index contributed by atoms with van der Waals surface area (Å²) in [6.45, 7) is 2.25. The van der Waals surface area contributed by atoms with E-state index in [0.29, 0.717) is 23.9 Å². The Kier molecular flexibility index (Phi) is 4.86. The van der Waals surface area contributed by atoms with E-state index in [2.05, 4.69) is 15.5 Å². The molecule has 24 heavy (non-hydrogen) atoms. The molecule has 0 unspecified atom stereocenters. The summed E-state index contributed by atoms with van der Waals surface area (Å²) in [5, 5.41) is 11.2. The van der Waals surface area contributed by atoms with E-state index in [1.807, 2.05) is 37.3 Å². The quantitative estimate of drug-likeness (QED) is 0.747. The summed E-state index contributed by atoms with van der Waals surface area (Å²) in [5.74, 6) is 1.41. The van der Waals surface area contributed by atoms with Gasteiger partial charge in [0.25, 0.3) is 0 Å². The molecule has 124 valence electrons. The van der Waals surface area contributed by atoms with Crippen LogP contribution < -0.4 is 10.1 Å². The highest BCUT2D eigenvalue weighted by Gasteiger charge is 2.13. The highest BCUT2D eigenvalue weighted by molar-refractivity contribution is 5.53. The number of halogens is 1. The fourth-order valence-corrected chi connectivity index (χ4v) is 2.35. The minimum absolute atomic E-state index is 0.164. The Bertz CT molecular complexity index is 802. The number of ether oxygens (including phenoxy) is 1. The number of benzene rings is 2. The third-order valence-corrected chi connectivity index (χ3v) is 3.74. The van der Waals surface area contributed by atoms with Crippen LogP contribution in [0.4, 0.5) is 4.39 Å². The topological polar surface area (TPSA) is 60.2 Å². The van der Waals surface area contributed by atoms with Crippen LogP contribution in [0.3, 0.4) is 0 Å². The van der Waals surface area contributed by atoms with E-state index in [1.165, 1.54) is 6.07 Å². The van der Waals surface area contributed by atoms with Crippen molar-refractivity contribution in [3.05, 3.63) is 65.8 Å². The van der Waals surface area contributed by atoms with E-state index in [1.54, 1.807) is 19.2 Å². The molecule has 2 aromatic carbocycles. The van der Waals surface area contributed by atoms with Gasteiger partial charge in [-0.3, -0.25) is 0 Å². The van der Waals surface area contributed by atoms with Crippen LogP contribution in [-0.4, -0.2) is 17.3 Å². The van der Waals surface area contributed by atoms with Gasteiger partial charge >= 0.3 is 0 Å². The highest BCUT2D eigenvalue weighted by atomic mass is 19.1. The number of rotatable bonds is 6. The molecule has 0 bridgehead atoms. The number of nitrogens with one attached hydrogen (secondary N) is 1. The van der Waals surface area contributed by atoms with Crippen LogP contribution in [0, 0.1) is 5.82 Å². The standard InChI is InChI=1S/C18H18FN3O2/c1-12(15-5-3-4-6-16(15)19)20-11-17-21-22-18(24-17)13-7-9-14(23-2)10-8-13/h3-10,12,20H,11H2,1-2H3/t12-/m1/s1. The Balaban J connectivity index is 1.64. The lowest BCUT2D eigenvalue weighted by molar-refractivity contribution is 0.414. The summed E-state index contributed by atoms with van der Waals surface area (Å²) < 4.78 is 24.5. The third-order valence-electron chi connectivity index (χ3n) is 3.74. The number of methoxy groups -OCH3 is 1. The van der Waals surface area contributed by atoms with Crippen LogP contribution >= 0.6 is 0 Å². The number of aromatic nitrogens is 2. The lowest BCUT2D eigenvalue weighted by atomic mass is 10.1. The average Bonchev–Trinajstić information content (AvgIpc) is 3.09. The summed E-state index contributed by atoms with van der Waals surface area (Å²) in [4.78, 5) is 0. The second kappa shape index (κ2) is 7.23. The zero-order valence-electron chi connectivity index (χ0n) is 13.5. The Morgan fingerprint density at radius 1 is 1.12 bits per heavy atom. The van der Waals surface area contributed by atoms with E-state index in [4.69, 9.17) is 9.15 Å². The summed E-state index contributed by atoms with van der Waals surface area (Å²) in [6.07, 6.45) is 0. The number of nitrogens with zero attached hydrogens (tertiary/aromatic N) is 2. The normalized spacial score (nSPS) is 12.1. The minimum atomic E-state index is -0.234. The van der Waals surface area contributed by atoms with Crippen LogP contribution in [0.2, 0.25) is 0 Å². The summed E-state index contributed by atoms with van der Waals surface area (Å²) in [5.41, 5.74) is 1.42. The van der Waals surface area contributed by atoms with Crippen molar-refractivity contribution < 1.29 is 13.5 Å². The Morgan fingerprint density at radius 3 is 2.58 bits per heavy atom. The zero-order valence-corrected chi connectivity index (χ0v) is 13.5. The molecule has 0 fully saturated rings. The molecule has 1 N–H and O–H groups in total. The number of hydrogen-bond donors (Lipinski definition) is 1. The van der Waals surface area contributed by atoms with Gasteiger partial charge in [0.1, 0.15) is 11.6 Å². The van der Waals surface area contributed by atoms with Gasteiger partial charge in [0.05, 0.1) is 13.7 Å². The second-order valence-electron chi connectivity index (χ2n) is 5.35. The van der Waals surface area contributed by atoms with Crippen molar-refractivity contribution in [2.45, 2.75) is 19.5 Å². The molecule has 6 heteroatoms. The predicted octanol–water partition coefficient (Wildman–Crippen LogP) is 3.74. The van der Waals surface area contributed by atoms with Gasteiger partial charge < -0.3 is 14.5 Å². The van der Waals surface area contributed by atoms with Gasteiger partial charge in [-0.1, -0.05) is 18.2 Å². The fraction of sp³-hybridized carbons (Fsp3) is 0.222. The van der Waals surface area contributed by atoms with Crippen molar-refractivity contribution in [3.8, 4) is 17.2 Å². The van der Waals surface area contributed by atoms with Crippen molar-refractivity contribution in [2.75, 3.05) is 7.11 Å². The van der Waals surface area contributed by atoms with Gasteiger partial charge in [0.2, 0.25) is 11.8 Å². The maximum atomic E-state index is 13.8. The van der Waals surface area contributed by atoms with Gasteiger partial charge in [-0.2, -0.15) is 0 Å². The first-order chi connectivity index (χ1) is 11.7. The average molecular weight is 327 g/mol. The SMILES string of the molecule is COc1ccc(-c2nnc(CN[C@H](C)c3ccccc3F)o2)cc1. The van der Waals surface area contributed by atoms with E-state index >= 15 is 0 Å². The molecule has 0 saturated carbocycles. The lowest BCUT2D eigenvalue weighted by Gasteiger charge is -2.13. The molecule has 0 aliphatic carbocycles. The fourth-order valence-electron chi connectivity index (χ4n) is 2.35. The van der Waals surface area contributed by atoms with E-state index < -0.39 is 0 Å². The first-order valence-corrected chi connectivity index (χ1v) is 7.62. The van der Waals surface area contributed by atoms with Gasteiger partial charge in [-0.05, 0) is 37.3 Å². The molecule has 1 atom stereocenters. The molecule has 1 aromatic heterocycles. The van der Waals surface area contributed by atoms with Crippen molar-refractivity contribution in [1.82, 2.24) is 15.5 Å². The molecule has 1 heterocycles. The van der Waals surface area contributed by atoms with Crippen LogP contribution in [-0.2, 0) is 6.54 Å². The highest BCUT2D eigenvalue weighted by Crippen LogP contribution is 2.21. The molecule has 5 nitrogen and oxygen atoms in total. The van der Waals surface area contributed by atoms with Crippen molar-refractivity contribution in [2.24, 2.45) is 0 Å². The van der Waals surface area contributed by atoms with Crippen LogP contribution in [0.25, 0.3) is 11.5 Å². The monoisotopic (exact) mass is 327 g/mol. The largest absolute Gasteiger partial charge is 0.497 e. The summed E-state index contributed by atoms with van der Waals surface area (Å²) >= 11 is 0. The maximum Gasteiger partial charge on any atom is 0.247 e. The molecule has 0 aliphatic rings. The van der Waals surface area contributed by atoms with Crippen LogP contribution in [0.5, 0.6) is 5.75 Å². The lowest BCUT2D eigenvalue weighted by Crippen LogP contribution is -2.19. The van der Waals surface area contributed by atoms with Gasteiger partial charge in [-0.15, -0.1) is 10.2 Å². The maximum absolute atomic E-state index is 13.8. The zero-order chi connectivity index (χ0) is 16.9. The van der Waals surface area contributed by atoms with Crippen molar-refractivity contribution >= 4 is 0 Å². The molecular formula is C18H18FN3O2. The molecule has 0 radical (unpaired) electrons. The first kappa shape index (κ1) is 16.1. The van der Waals surface area contributed by atoms with E-state index in [0.717, 1.165) is 11.3 Å². The van der Waals surface area contributed by atoms with Crippen LogP contribution in [0.1, 0.15) is 24.4 Å². The van der Waals surface area contributed by atoms with Gasteiger partial charge in [0, 0.05) is 17.2 Å². The van der Waals surface area contributed by atoms with E-state index in [-0.39, 0.29) is 11.9 Å². The molecule has 3 rings (SSSR count). The molecule has 3 aromatic rings. The molecular weight excluding hydrogens is 309 g/mol. The van der Waals surface area contributed by atoms with Crippen LogP contribution in [0.15, 0.2) is 52.9 Å². The predicted molar refractivity (Wildman–Crippen MR) is 87.9 cm³/mol. The summed E-state index contributed by atoms with van der Waals surface area (Å²) in [7, 11) is 1.61. The Morgan fingerprint density at radius 2 is 1.88 bits per heavy atom. The van der Waals surface area contributed by atoms with Gasteiger partial charge in [0.15, 0.2) is 0 Å². The smallest absolute Gasteiger partial charge is 0.247 e. The molecule has 0 aliphatic heterocycles. The molecule has 0 spiro atoms. The van der Waals surface area contributed by atoms with Gasteiger partial charge in [-0.25, -0.2) is 4.39 Å². The Labute approximate surface area is 139 Å². The van der Waals surface area contributed by atoms with E-state index in [9.17, 15) is 4.39 Å². The molecule has 0 amide bonds. The molecule has 0 saturated heterocycles. The first-order valence-electron chi connectivity index (χ1n) is 7.62. The van der Waals surface area contributed by atoms with Crippen molar-refractivity contribution in [3.63, 3.8) is 0 Å². The second-order valence-corrected chi connectivity index (χ2v) is 5.35. The minimum Gasteiger partial charge on any atom is -0.497 e. The van der Waals surface area contributed by atoms with Crippen molar-refractivity contribution in [1.29, 1.82) is 0 Å². The summed E-state index contributed by atoms with van der Waals surface area (Å²) in [6, 6.07) is 13.9. The number of hydrogen-bond acceptors (Lipinski definition) is 5. The third kappa shape index (κ3) is 3.60.